The van der Waals surface area contributed by atoms with Crippen LogP contribution in [0.4, 0.5) is 14.5 Å². The predicted molar refractivity (Wildman–Crippen MR) is 112 cm³/mol. The largest absolute Gasteiger partial charge is 0.483 e. The molecule has 1 aromatic carbocycles. The van der Waals surface area contributed by atoms with Crippen LogP contribution >= 0.6 is 0 Å². The maximum atomic E-state index is 13.4. The molecule has 0 aromatic heterocycles. The first-order chi connectivity index (χ1) is 13.9. The molecule has 0 spiro atoms. The summed E-state index contributed by atoms with van der Waals surface area (Å²) in [5.74, 6) is -2.26. The van der Waals surface area contributed by atoms with Gasteiger partial charge in [-0.3, -0.25) is 4.79 Å². The van der Waals surface area contributed by atoms with Gasteiger partial charge in [0.1, 0.15) is 17.3 Å². The van der Waals surface area contributed by atoms with Crippen molar-refractivity contribution in [1.82, 2.24) is 4.90 Å². The number of anilines is 1. The van der Waals surface area contributed by atoms with Gasteiger partial charge in [-0.1, -0.05) is 13.8 Å². The van der Waals surface area contributed by atoms with Gasteiger partial charge in [-0.2, -0.15) is 0 Å². The quantitative estimate of drug-likeness (QED) is 0.326. The van der Waals surface area contributed by atoms with Crippen LogP contribution in [0, 0.1) is 17.0 Å². The van der Waals surface area contributed by atoms with Gasteiger partial charge in [-0.25, -0.2) is 8.78 Å². The molecular formula is C21H32F2N4O2. The van der Waals surface area contributed by atoms with E-state index in [1.165, 1.54) is 0 Å². The number of hydrogen-bond donors (Lipinski definition) is 3. The molecule has 8 heteroatoms. The minimum Gasteiger partial charge on any atom is -0.483 e. The molecule has 1 aromatic rings. The van der Waals surface area contributed by atoms with Crippen LogP contribution in [-0.4, -0.2) is 43.3 Å². The van der Waals surface area contributed by atoms with Gasteiger partial charge in [-0.15, -0.1) is 0 Å². The van der Waals surface area contributed by atoms with Crippen molar-refractivity contribution >= 4 is 17.8 Å². The molecule has 1 saturated carbocycles. The van der Waals surface area contributed by atoms with E-state index in [0.717, 1.165) is 50.1 Å². The second-order valence-corrected chi connectivity index (χ2v) is 6.56. The molecule has 0 saturated heterocycles. The zero-order valence-electron chi connectivity index (χ0n) is 17.4. The number of hydrogen-bond acceptors (Lipinski definition) is 5. The molecule has 0 atom stereocenters. The molecule has 1 aliphatic carbocycles. The zero-order chi connectivity index (χ0) is 21.8. The number of carbonyl (C=O) groups is 1. The van der Waals surface area contributed by atoms with Crippen molar-refractivity contribution in [3.63, 3.8) is 0 Å². The Labute approximate surface area is 171 Å². The highest BCUT2D eigenvalue weighted by Crippen LogP contribution is 2.25. The number of nitrogens with one attached hydrogen (secondary N) is 2. The van der Waals surface area contributed by atoms with E-state index < -0.39 is 17.5 Å². The van der Waals surface area contributed by atoms with E-state index in [4.69, 9.17) is 15.9 Å². The first-order valence-corrected chi connectivity index (χ1v) is 10.0. The Bertz CT molecular complexity index is 684. The van der Waals surface area contributed by atoms with Crippen molar-refractivity contribution in [3.8, 4) is 0 Å². The van der Waals surface area contributed by atoms with Crippen LogP contribution in [0.2, 0.25) is 0 Å². The normalized spacial score (nSPS) is 14.4. The van der Waals surface area contributed by atoms with Gasteiger partial charge < -0.3 is 26.1 Å². The van der Waals surface area contributed by atoms with Gasteiger partial charge >= 0.3 is 0 Å². The summed E-state index contributed by atoms with van der Waals surface area (Å²) < 4.78 is 32.7. The Kier molecular flexibility index (Phi) is 10.9. The van der Waals surface area contributed by atoms with E-state index in [9.17, 15) is 13.6 Å². The van der Waals surface area contributed by atoms with Gasteiger partial charge in [0.2, 0.25) is 5.76 Å². The van der Waals surface area contributed by atoms with Crippen LogP contribution in [0.15, 0.2) is 29.7 Å². The number of rotatable bonds is 9. The molecule has 0 heterocycles. The van der Waals surface area contributed by atoms with Gasteiger partial charge in [0.15, 0.2) is 0 Å². The lowest BCUT2D eigenvalue weighted by molar-refractivity contribution is -0.117. The van der Waals surface area contributed by atoms with Crippen LogP contribution < -0.4 is 11.1 Å². The Morgan fingerprint density at radius 3 is 2.38 bits per heavy atom. The molecule has 1 aliphatic rings. The number of carbonyl (C=O) groups excluding carboxylic acids is 1. The highest BCUT2D eigenvalue weighted by Gasteiger charge is 2.25. The summed E-state index contributed by atoms with van der Waals surface area (Å²) in [7, 11) is 1.74. The number of benzene rings is 1. The maximum absolute atomic E-state index is 13.4. The molecular weight excluding hydrogens is 378 g/mol. The van der Waals surface area contributed by atoms with Crippen LogP contribution in [0.1, 0.15) is 46.0 Å². The second-order valence-electron chi connectivity index (χ2n) is 6.56. The van der Waals surface area contributed by atoms with Crippen molar-refractivity contribution in [2.45, 2.75) is 52.1 Å². The summed E-state index contributed by atoms with van der Waals surface area (Å²) in [6.45, 7) is 5.02. The molecule has 1 fully saturated rings. The average molecular weight is 411 g/mol. The second kappa shape index (κ2) is 12.9. The topological polar surface area (TPSA) is 91.4 Å². The lowest BCUT2D eigenvalue weighted by Gasteiger charge is -2.24. The zero-order valence-corrected chi connectivity index (χ0v) is 17.4. The SMILES string of the molecule is CC.CN(CCCN)/C(C=N)=C(\OC1CCCC1)C(=O)Nc1cc(F)cc(F)c1. The summed E-state index contributed by atoms with van der Waals surface area (Å²) in [4.78, 5) is 14.5. The molecule has 1 amide bonds. The molecule has 0 unspecified atom stereocenters. The molecule has 0 bridgehead atoms. The fourth-order valence-electron chi connectivity index (χ4n) is 3.01. The fraction of sp³-hybridized carbons (Fsp3) is 0.524. The number of ether oxygens (including phenoxy) is 1. The minimum absolute atomic E-state index is 0.0148. The first-order valence-electron chi connectivity index (χ1n) is 10.0. The molecule has 0 radical (unpaired) electrons. The van der Waals surface area contributed by atoms with Gasteiger partial charge in [0, 0.05) is 31.6 Å². The van der Waals surface area contributed by atoms with Crippen molar-refractivity contribution in [2.75, 3.05) is 25.5 Å². The minimum atomic E-state index is -0.792. The third-order valence-electron chi connectivity index (χ3n) is 4.39. The maximum Gasteiger partial charge on any atom is 0.293 e. The predicted octanol–water partition coefficient (Wildman–Crippen LogP) is 4.03. The highest BCUT2D eigenvalue weighted by atomic mass is 19.1. The van der Waals surface area contributed by atoms with Crippen LogP contribution in [0.3, 0.4) is 0 Å². The summed E-state index contributed by atoms with van der Waals surface area (Å²) >= 11 is 0. The van der Waals surface area contributed by atoms with Crippen molar-refractivity contribution in [2.24, 2.45) is 5.73 Å². The molecule has 6 nitrogen and oxygen atoms in total. The third kappa shape index (κ3) is 7.81. The Balaban J connectivity index is 0.00000204. The monoisotopic (exact) mass is 410 g/mol. The van der Waals surface area contributed by atoms with E-state index in [-0.39, 0.29) is 17.6 Å². The van der Waals surface area contributed by atoms with Crippen LogP contribution in [-0.2, 0) is 9.53 Å². The van der Waals surface area contributed by atoms with E-state index in [1.54, 1.807) is 11.9 Å². The first kappa shape index (κ1) is 24.6. The lowest BCUT2D eigenvalue weighted by atomic mass is 10.2. The van der Waals surface area contributed by atoms with Crippen molar-refractivity contribution in [3.05, 3.63) is 41.3 Å². The van der Waals surface area contributed by atoms with Gasteiger partial charge in [0.25, 0.3) is 5.91 Å². The van der Waals surface area contributed by atoms with Crippen molar-refractivity contribution < 1.29 is 18.3 Å². The standard InChI is InChI=1S/C19H26F2N4O2.C2H6/c1-25(8-4-7-22)17(12-23)18(27-16-5-2-3-6-16)19(26)24-15-10-13(20)9-14(21)11-15;1-2/h9-12,16,23H,2-8,22H2,1H3,(H,24,26);1-2H3/b18-17-,23-12?;. The van der Waals surface area contributed by atoms with Gasteiger partial charge in [-0.05, 0) is 50.8 Å². The fourth-order valence-corrected chi connectivity index (χ4v) is 3.01. The van der Waals surface area contributed by atoms with E-state index >= 15 is 0 Å². The molecule has 162 valence electrons. The number of allylic oxidation sites excluding steroid dienone is 1. The summed E-state index contributed by atoms with van der Waals surface area (Å²) in [6.07, 6.45) is 5.28. The molecule has 4 N–H and O–H groups in total. The highest BCUT2D eigenvalue weighted by molar-refractivity contribution is 6.05. The van der Waals surface area contributed by atoms with E-state index in [2.05, 4.69) is 5.32 Å². The summed E-state index contributed by atoms with van der Waals surface area (Å²) in [5.41, 5.74) is 5.82. The van der Waals surface area contributed by atoms with Gasteiger partial charge in [0.05, 0.1) is 6.10 Å². The van der Waals surface area contributed by atoms with E-state index in [0.29, 0.717) is 25.2 Å². The number of amides is 1. The summed E-state index contributed by atoms with van der Waals surface area (Å²) in [6, 6.07) is 2.78. The molecule has 2 rings (SSSR count). The Morgan fingerprint density at radius 1 is 1.28 bits per heavy atom. The Morgan fingerprint density at radius 2 is 1.86 bits per heavy atom. The average Bonchev–Trinajstić information content (AvgIpc) is 3.20. The van der Waals surface area contributed by atoms with E-state index in [1.807, 2.05) is 13.8 Å². The molecule has 0 aliphatic heterocycles. The van der Waals surface area contributed by atoms with Crippen LogP contribution in [0.5, 0.6) is 0 Å². The number of nitrogens with two attached hydrogens (primary N) is 1. The Hall–Kier alpha value is -2.48. The van der Waals surface area contributed by atoms with Crippen LogP contribution in [0.25, 0.3) is 0 Å². The molecule has 29 heavy (non-hydrogen) atoms. The summed E-state index contributed by atoms with van der Waals surface area (Å²) in [5, 5.41) is 10.2. The number of halogens is 2. The smallest absolute Gasteiger partial charge is 0.293 e. The lowest BCUT2D eigenvalue weighted by Crippen LogP contribution is -2.29. The van der Waals surface area contributed by atoms with Crippen molar-refractivity contribution in [1.29, 1.82) is 5.41 Å². The number of nitrogens with zero attached hydrogens (tertiary/aromatic N) is 1. The third-order valence-corrected chi connectivity index (χ3v) is 4.39.